The lowest BCUT2D eigenvalue weighted by atomic mass is 10.0. The van der Waals surface area contributed by atoms with Crippen LogP contribution < -0.4 is 5.73 Å². The maximum Gasteiger partial charge on any atom is 0.472 e. The van der Waals surface area contributed by atoms with Crippen LogP contribution in [-0.2, 0) is 27.9 Å². The Morgan fingerprint density at radius 2 is 1.31 bits per heavy atom. The number of quaternary nitrogens is 1. The molecule has 0 aromatic rings. The zero-order valence-electron chi connectivity index (χ0n) is 23.6. The quantitative estimate of drug-likeness (QED) is 0.0667. The first kappa shape index (κ1) is 35.5. The minimum Gasteiger partial charge on any atom is -0.456 e. The molecule has 0 aromatic carbocycles. The van der Waals surface area contributed by atoms with Crippen molar-refractivity contribution in [2.24, 2.45) is 5.73 Å². The summed E-state index contributed by atoms with van der Waals surface area (Å²) >= 11 is 0. The van der Waals surface area contributed by atoms with Gasteiger partial charge in [-0.15, -0.1) is 0 Å². The summed E-state index contributed by atoms with van der Waals surface area (Å²) in [5.74, 6) is -0.623. The zero-order chi connectivity index (χ0) is 27.1. The van der Waals surface area contributed by atoms with Crippen LogP contribution in [0.25, 0.3) is 0 Å². The number of phosphoric ester groups is 1. The Balaban J connectivity index is 3.88. The molecule has 0 aliphatic carbocycles. The van der Waals surface area contributed by atoms with Gasteiger partial charge in [0.2, 0.25) is 0 Å². The van der Waals surface area contributed by atoms with Gasteiger partial charge in [0.1, 0.15) is 19.3 Å². The Kier molecular flexibility index (Phi) is 22.1. The topological polar surface area (TPSA) is 117 Å². The lowest BCUT2D eigenvalue weighted by Crippen LogP contribution is -2.37. The second-order valence-corrected chi connectivity index (χ2v) is 12.1. The van der Waals surface area contributed by atoms with E-state index in [1.807, 2.05) is 21.1 Å². The minimum atomic E-state index is -4.25. The van der Waals surface area contributed by atoms with Gasteiger partial charge in [0, 0.05) is 6.61 Å². The second kappa shape index (κ2) is 22.4. The van der Waals surface area contributed by atoms with E-state index in [9.17, 15) is 14.3 Å². The van der Waals surface area contributed by atoms with Crippen LogP contribution >= 0.6 is 7.82 Å². The predicted molar refractivity (Wildman–Crippen MR) is 145 cm³/mol. The number of phosphoric acid groups is 1. The summed E-state index contributed by atoms with van der Waals surface area (Å²) < 4.78 is 33.5. The highest BCUT2D eigenvalue weighted by atomic mass is 31.2. The minimum absolute atomic E-state index is 0.0696. The first-order valence-corrected chi connectivity index (χ1v) is 15.5. The number of unbranched alkanes of at least 4 members (excludes halogenated alkanes) is 13. The van der Waals surface area contributed by atoms with E-state index in [2.05, 4.69) is 6.92 Å². The molecule has 36 heavy (non-hydrogen) atoms. The molecule has 0 saturated carbocycles. The standard InChI is InChI=1S/C26H55N2O7P/c1-5-6-7-8-9-10-11-12-13-14-15-16-17-18-20-32-23-25(35-26(29)22-27)24-34-36(30,31)33-21-19-28(2,3)4/h25H,5-24,27H2,1-4H3/p+1/t25-/m0/s1. The third-order valence-corrected chi connectivity index (χ3v) is 6.84. The largest absolute Gasteiger partial charge is 0.472 e. The number of carbonyl (C=O) groups is 1. The first-order chi connectivity index (χ1) is 17.1. The molecule has 0 rings (SSSR count). The second-order valence-electron chi connectivity index (χ2n) is 10.6. The first-order valence-electron chi connectivity index (χ1n) is 14.0. The van der Waals surface area contributed by atoms with Gasteiger partial charge in [-0.05, 0) is 6.42 Å². The lowest BCUT2D eigenvalue weighted by molar-refractivity contribution is -0.870. The molecule has 0 saturated heterocycles. The smallest absolute Gasteiger partial charge is 0.456 e. The fourth-order valence-corrected chi connectivity index (χ4v) is 4.35. The van der Waals surface area contributed by atoms with E-state index in [-0.39, 0.29) is 26.4 Å². The number of ether oxygens (including phenoxy) is 2. The number of nitrogens with zero attached hydrogens (tertiary/aromatic N) is 1. The lowest BCUT2D eigenvalue weighted by Gasteiger charge is -2.24. The van der Waals surface area contributed by atoms with Crippen molar-refractivity contribution in [2.45, 2.75) is 103 Å². The highest BCUT2D eigenvalue weighted by molar-refractivity contribution is 7.47. The Bertz CT molecular complexity index is 573. The summed E-state index contributed by atoms with van der Waals surface area (Å²) in [6, 6.07) is 0. The van der Waals surface area contributed by atoms with Crippen LogP contribution in [0.15, 0.2) is 0 Å². The van der Waals surface area contributed by atoms with Crippen molar-refractivity contribution in [1.82, 2.24) is 0 Å². The molecule has 216 valence electrons. The van der Waals surface area contributed by atoms with Crippen LogP contribution in [0.1, 0.15) is 96.8 Å². The monoisotopic (exact) mass is 539 g/mol. The summed E-state index contributed by atoms with van der Waals surface area (Å²) in [5, 5.41) is 0. The summed E-state index contributed by atoms with van der Waals surface area (Å²) in [4.78, 5) is 21.4. The summed E-state index contributed by atoms with van der Waals surface area (Å²) in [6.45, 7) is 2.89. The molecular formula is C26H56N2O7P+. The Labute approximate surface area is 220 Å². The van der Waals surface area contributed by atoms with E-state index in [4.69, 9.17) is 24.3 Å². The van der Waals surface area contributed by atoms with Crippen LogP contribution in [0.2, 0.25) is 0 Å². The van der Waals surface area contributed by atoms with Gasteiger partial charge >= 0.3 is 13.8 Å². The molecule has 0 aliphatic heterocycles. The van der Waals surface area contributed by atoms with Crippen molar-refractivity contribution in [2.75, 3.05) is 60.7 Å². The number of likely N-dealkylation sites (N-methyl/N-ethyl adjacent to an activating group) is 1. The molecule has 0 heterocycles. The van der Waals surface area contributed by atoms with Gasteiger partial charge in [0.25, 0.3) is 0 Å². The van der Waals surface area contributed by atoms with Gasteiger partial charge in [-0.2, -0.15) is 0 Å². The molecule has 1 unspecified atom stereocenters. The van der Waals surface area contributed by atoms with Crippen LogP contribution in [0.5, 0.6) is 0 Å². The van der Waals surface area contributed by atoms with Crippen molar-refractivity contribution in [1.29, 1.82) is 0 Å². The highest BCUT2D eigenvalue weighted by Crippen LogP contribution is 2.43. The molecule has 0 aliphatic rings. The fraction of sp³-hybridized carbons (Fsp3) is 0.962. The average molecular weight is 540 g/mol. The van der Waals surface area contributed by atoms with Gasteiger partial charge in [0.15, 0.2) is 0 Å². The van der Waals surface area contributed by atoms with Crippen LogP contribution in [-0.4, -0.2) is 82.1 Å². The van der Waals surface area contributed by atoms with Crippen molar-refractivity contribution in [3.63, 3.8) is 0 Å². The number of rotatable bonds is 26. The molecule has 0 amide bonds. The van der Waals surface area contributed by atoms with Gasteiger partial charge in [-0.1, -0.05) is 90.4 Å². The van der Waals surface area contributed by atoms with E-state index in [1.165, 1.54) is 77.0 Å². The maximum atomic E-state index is 12.1. The SMILES string of the molecule is CCCCCCCCCCCCCCCCOC[C@@H](COP(=O)(O)OCC[N+](C)(C)C)OC(=O)CN. The van der Waals surface area contributed by atoms with E-state index < -0.39 is 19.9 Å². The van der Waals surface area contributed by atoms with Crippen LogP contribution in [0.3, 0.4) is 0 Å². The molecule has 2 atom stereocenters. The summed E-state index contributed by atoms with van der Waals surface area (Å²) in [5.41, 5.74) is 5.31. The summed E-state index contributed by atoms with van der Waals surface area (Å²) in [6.07, 6.45) is 17.2. The molecule has 10 heteroatoms. The van der Waals surface area contributed by atoms with E-state index in [0.717, 1.165) is 12.8 Å². The summed E-state index contributed by atoms with van der Waals surface area (Å²) in [7, 11) is 1.60. The van der Waals surface area contributed by atoms with Gasteiger partial charge in [0.05, 0.1) is 40.9 Å². The number of esters is 1. The van der Waals surface area contributed by atoms with Crippen molar-refractivity contribution in [3.05, 3.63) is 0 Å². The third-order valence-electron chi connectivity index (χ3n) is 5.85. The number of hydrogen-bond donors (Lipinski definition) is 2. The predicted octanol–water partition coefficient (Wildman–Crippen LogP) is 5.19. The Morgan fingerprint density at radius 1 is 0.806 bits per heavy atom. The van der Waals surface area contributed by atoms with E-state index >= 15 is 0 Å². The zero-order valence-corrected chi connectivity index (χ0v) is 24.5. The molecule has 0 radical (unpaired) electrons. The van der Waals surface area contributed by atoms with Gasteiger partial charge in [-0.25, -0.2) is 4.57 Å². The molecular weight excluding hydrogens is 483 g/mol. The van der Waals surface area contributed by atoms with Crippen LogP contribution in [0.4, 0.5) is 0 Å². The van der Waals surface area contributed by atoms with Crippen LogP contribution in [0, 0.1) is 0 Å². The van der Waals surface area contributed by atoms with Gasteiger partial charge in [-0.3, -0.25) is 13.8 Å². The molecule has 0 spiro atoms. The molecule has 3 N–H and O–H groups in total. The number of carbonyl (C=O) groups excluding carboxylic acids is 1. The Hall–Kier alpha value is -0.540. The molecule has 0 aromatic heterocycles. The molecule has 0 fully saturated rings. The fourth-order valence-electron chi connectivity index (χ4n) is 3.61. The van der Waals surface area contributed by atoms with Gasteiger partial charge < -0.3 is 24.6 Å². The van der Waals surface area contributed by atoms with E-state index in [1.54, 1.807) is 0 Å². The molecule has 9 nitrogen and oxygen atoms in total. The Morgan fingerprint density at radius 3 is 1.78 bits per heavy atom. The number of nitrogens with two attached hydrogens (primary N) is 1. The highest BCUT2D eigenvalue weighted by Gasteiger charge is 2.26. The van der Waals surface area contributed by atoms with Crippen molar-refractivity contribution in [3.8, 4) is 0 Å². The maximum absolute atomic E-state index is 12.1. The molecule has 0 bridgehead atoms. The number of hydrogen-bond acceptors (Lipinski definition) is 7. The van der Waals surface area contributed by atoms with Crippen molar-refractivity contribution >= 4 is 13.8 Å². The van der Waals surface area contributed by atoms with Crippen molar-refractivity contribution < 1.29 is 37.3 Å². The van der Waals surface area contributed by atoms with E-state index in [0.29, 0.717) is 17.6 Å². The normalized spacial score (nSPS) is 14.5. The average Bonchev–Trinajstić information content (AvgIpc) is 2.81. The third kappa shape index (κ3) is 25.1.